The van der Waals surface area contributed by atoms with E-state index in [0.29, 0.717) is 0 Å². The lowest BCUT2D eigenvalue weighted by molar-refractivity contribution is -0.0771. The van der Waals surface area contributed by atoms with Crippen molar-refractivity contribution in [3.63, 3.8) is 0 Å². The van der Waals surface area contributed by atoms with Gasteiger partial charge in [0, 0.05) is 0 Å². The Morgan fingerprint density at radius 3 is 2.29 bits per heavy atom. The van der Waals surface area contributed by atoms with Crippen molar-refractivity contribution < 1.29 is 61.4 Å². The quantitative estimate of drug-likeness (QED) is 0.106. The summed E-state index contributed by atoms with van der Waals surface area (Å²) in [5, 5.41) is 20.6. The van der Waals surface area contributed by atoms with E-state index in [1.807, 2.05) is 0 Å². The summed E-state index contributed by atoms with van der Waals surface area (Å²) < 4.78 is 68.2. The van der Waals surface area contributed by atoms with Gasteiger partial charge in [-0.2, -0.15) is 4.98 Å². The number of nitrogens with one attached hydrogen (secondary N) is 1. The molecule has 260 valence electrons. The van der Waals surface area contributed by atoms with Crippen molar-refractivity contribution >= 4 is 49.7 Å². The van der Waals surface area contributed by atoms with Crippen molar-refractivity contribution in [3.05, 3.63) is 29.3 Å². The molecule has 3 aliphatic rings. The molecule has 0 aliphatic carbocycles. The van der Waals surface area contributed by atoms with Crippen LogP contribution in [0.4, 0.5) is 11.8 Å². The number of aromatic amines is 1. The topological polar surface area (TPSA) is 339 Å². The number of aromatic nitrogens is 8. The first kappa shape index (κ1) is 33.0. The highest BCUT2D eigenvalue weighted by molar-refractivity contribution is 7.47. The number of hydrogen-bond donors (Lipinski definition) is 7. The lowest BCUT2D eigenvalue weighted by Gasteiger charge is -2.27. The number of ether oxygens (including phenoxy) is 3. The van der Waals surface area contributed by atoms with E-state index in [0.717, 1.165) is 10.9 Å². The van der Waals surface area contributed by atoms with Crippen LogP contribution in [0.15, 0.2) is 23.8 Å². The average Bonchev–Trinajstić information content (AvgIpc) is 3.79. The summed E-state index contributed by atoms with van der Waals surface area (Å²) in [7, 11) is -10.2. The van der Waals surface area contributed by atoms with Crippen molar-refractivity contribution in [1.29, 1.82) is 0 Å². The second-order valence-electron chi connectivity index (χ2n) is 10.7. The highest BCUT2D eigenvalue weighted by atomic mass is 31.2. The number of phosphoric ester groups is 2. The van der Waals surface area contributed by atoms with Gasteiger partial charge in [-0.05, 0) is 0 Å². The molecule has 3 aliphatic heterocycles. The normalized spacial score (nSPS) is 36.1. The van der Waals surface area contributed by atoms with Gasteiger partial charge in [0.15, 0.2) is 35.1 Å². The van der Waals surface area contributed by atoms with Crippen LogP contribution >= 0.6 is 15.6 Å². The van der Waals surface area contributed by atoms with E-state index in [2.05, 4.69) is 29.9 Å². The van der Waals surface area contributed by atoms with Crippen LogP contribution in [0.3, 0.4) is 0 Å². The third-order valence-corrected chi connectivity index (χ3v) is 9.67. The van der Waals surface area contributed by atoms with Crippen molar-refractivity contribution in [1.82, 2.24) is 39.0 Å². The summed E-state index contributed by atoms with van der Waals surface area (Å²) in [6, 6.07) is 0. The van der Waals surface area contributed by atoms with Crippen LogP contribution in [-0.2, 0) is 41.4 Å². The number of nitrogens with two attached hydrogens (primary N) is 2. The monoisotopic (exact) mass is 718 g/mol. The lowest BCUT2D eigenvalue weighted by atomic mass is 10.1. The van der Waals surface area contributed by atoms with Crippen LogP contribution < -0.4 is 17.0 Å². The van der Waals surface area contributed by atoms with E-state index in [1.165, 1.54) is 17.2 Å². The molecule has 0 aromatic carbocycles. The molecule has 0 saturated carbocycles. The fraction of sp³-hybridized carbons (Fsp3) is 0.545. The third kappa shape index (κ3) is 6.00. The van der Waals surface area contributed by atoms with Crippen LogP contribution in [0.1, 0.15) is 12.5 Å². The maximum atomic E-state index is 13.4. The predicted molar refractivity (Wildman–Crippen MR) is 154 cm³/mol. The average molecular weight is 718 g/mol. The molecule has 4 aromatic heterocycles. The number of imidazole rings is 2. The second kappa shape index (κ2) is 12.4. The van der Waals surface area contributed by atoms with Gasteiger partial charge < -0.3 is 45.7 Å². The van der Waals surface area contributed by atoms with Gasteiger partial charge in [0.05, 0.1) is 39.1 Å². The molecule has 2 bridgehead atoms. The number of nitrogens with zero attached hydrogens (tertiary/aromatic N) is 7. The zero-order valence-corrected chi connectivity index (χ0v) is 26.0. The fourth-order valence-electron chi connectivity index (χ4n) is 5.64. The number of phosphoric acid groups is 2. The smallest absolute Gasteiger partial charge is 0.394 e. The minimum Gasteiger partial charge on any atom is -0.394 e. The Balaban J connectivity index is 1.23. The second-order valence-corrected chi connectivity index (χ2v) is 13.5. The number of aliphatic hydroxyl groups is 2. The fourth-order valence-corrected chi connectivity index (χ4v) is 7.53. The first-order valence-electron chi connectivity index (χ1n) is 14.0. The molecule has 48 heavy (non-hydrogen) atoms. The standard InChI is InChI=1S/C22H28N10O14P2/c23-16-10-17(26-5-25-16)31(6-27-10)21-15(40-2-1-33)13-9(44-21)4-42-48(38,39)46-14-12(34)8(3-41-47(36,37)45-13)43-20(14)32-7-28-11-18(32)29-22(24)30-19(11)35/h5-9,12-15,20-21,33-34H,1-4H2,(H,36,37)(H,38,39)(H2,23,25,26)(H3,24,29,30,35)/t8-,9-,12?,13?,14?,15?,20-,21-/m1/s1. The summed E-state index contributed by atoms with van der Waals surface area (Å²) in [5.74, 6) is -0.238. The summed E-state index contributed by atoms with van der Waals surface area (Å²) in [6.07, 6.45) is -8.42. The number of nitrogen functional groups attached to an aromatic ring is 2. The maximum absolute atomic E-state index is 13.4. The Morgan fingerprint density at radius 2 is 1.56 bits per heavy atom. The summed E-state index contributed by atoms with van der Waals surface area (Å²) >= 11 is 0. The van der Waals surface area contributed by atoms with E-state index in [-0.39, 0.29) is 40.7 Å². The Labute approximate surface area is 266 Å². The number of fused-ring (bicyclic) bond motifs is 5. The molecule has 0 radical (unpaired) electrons. The molecule has 0 spiro atoms. The molecular formula is C22H28N10O14P2. The number of anilines is 2. The highest BCUT2D eigenvalue weighted by Crippen LogP contribution is 2.54. The zero-order valence-electron chi connectivity index (χ0n) is 24.2. The third-order valence-electron chi connectivity index (χ3n) is 7.70. The summed E-state index contributed by atoms with van der Waals surface area (Å²) in [4.78, 5) is 56.5. The van der Waals surface area contributed by atoms with Gasteiger partial charge >= 0.3 is 15.6 Å². The van der Waals surface area contributed by atoms with Gasteiger partial charge in [-0.25, -0.2) is 29.1 Å². The molecule has 3 saturated heterocycles. The Morgan fingerprint density at radius 1 is 0.917 bits per heavy atom. The highest BCUT2D eigenvalue weighted by Gasteiger charge is 2.54. The predicted octanol–water partition coefficient (Wildman–Crippen LogP) is -2.32. The maximum Gasteiger partial charge on any atom is 0.472 e. The van der Waals surface area contributed by atoms with E-state index in [4.69, 9.17) is 43.8 Å². The number of H-pyrrole nitrogens is 1. The van der Waals surface area contributed by atoms with Crippen molar-refractivity contribution in [2.75, 3.05) is 37.9 Å². The first-order chi connectivity index (χ1) is 22.9. The van der Waals surface area contributed by atoms with Gasteiger partial charge in [-0.1, -0.05) is 0 Å². The Kier molecular flexibility index (Phi) is 8.56. The molecular weight excluding hydrogens is 690 g/mol. The van der Waals surface area contributed by atoms with Gasteiger partial charge in [0.2, 0.25) is 5.95 Å². The lowest BCUT2D eigenvalue weighted by Crippen LogP contribution is -2.38. The SMILES string of the molecule is Nc1nc2c(ncn2[C@@H]2O[C@@H]3COP(=O)(O)OC4C(OCCO)[C@H](n5cnc6c(N)ncnc65)O[C@@H]4COP(=O)(O)OC2C3O)c(=O)[nH]1. The van der Waals surface area contributed by atoms with Gasteiger partial charge in [-0.15, -0.1) is 0 Å². The number of hydrogen-bond acceptors (Lipinski definition) is 19. The summed E-state index contributed by atoms with van der Waals surface area (Å²) in [6.45, 7) is -2.37. The molecule has 26 heteroatoms. The zero-order chi connectivity index (χ0) is 34.0. The number of rotatable bonds is 5. The molecule has 0 amide bonds. The first-order valence-corrected chi connectivity index (χ1v) is 17.0. The molecule has 3 fully saturated rings. The van der Waals surface area contributed by atoms with Crippen molar-refractivity contribution in [2.24, 2.45) is 0 Å². The van der Waals surface area contributed by atoms with Gasteiger partial charge in [0.1, 0.15) is 48.5 Å². The molecule has 24 nitrogen and oxygen atoms in total. The van der Waals surface area contributed by atoms with Crippen LogP contribution in [0.5, 0.6) is 0 Å². The molecule has 6 unspecified atom stereocenters. The molecule has 7 rings (SSSR count). The van der Waals surface area contributed by atoms with E-state index >= 15 is 0 Å². The molecule has 7 heterocycles. The Hall–Kier alpha value is -3.48. The largest absolute Gasteiger partial charge is 0.472 e. The van der Waals surface area contributed by atoms with E-state index in [9.17, 15) is 33.9 Å². The molecule has 9 N–H and O–H groups in total. The molecule has 4 aromatic rings. The summed E-state index contributed by atoms with van der Waals surface area (Å²) in [5.41, 5.74) is 11.0. The van der Waals surface area contributed by atoms with Crippen LogP contribution in [0, 0.1) is 0 Å². The van der Waals surface area contributed by atoms with Crippen LogP contribution in [-0.4, -0.2) is 122 Å². The van der Waals surface area contributed by atoms with Crippen molar-refractivity contribution in [3.8, 4) is 0 Å². The van der Waals surface area contributed by atoms with Gasteiger partial charge in [-0.3, -0.25) is 37.0 Å². The Bertz CT molecular complexity index is 1990. The van der Waals surface area contributed by atoms with Gasteiger partial charge in [0.25, 0.3) is 5.56 Å². The van der Waals surface area contributed by atoms with Crippen LogP contribution in [0.25, 0.3) is 22.3 Å². The number of aliphatic hydroxyl groups excluding tert-OH is 2. The van der Waals surface area contributed by atoms with E-state index < -0.39 is 90.1 Å². The minimum atomic E-state index is -5.13. The molecule has 10 atom stereocenters. The van der Waals surface area contributed by atoms with Crippen LogP contribution in [0.2, 0.25) is 0 Å². The minimum absolute atomic E-state index is 0.0467. The van der Waals surface area contributed by atoms with E-state index in [1.54, 1.807) is 0 Å². The van der Waals surface area contributed by atoms with Crippen molar-refractivity contribution in [2.45, 2.75) is 49.1 Å².